The van der Waals surface area contributed by atoms with Gasteiger partial charge in [-0.3, -0.25) is 4.79 Å². The van der Waals surface area contributed by atoms with Gasteiger partial charge in [0.25, 0.3) is 5.91 Å². The van der Waals surface area contributed by atoms with Crippen molar-refractivity contribution in [1.82, 2.24) is 9.29 Å². The summed E-state index contributed by atoms with van der Waals surface area (Å²) in [5, 5.41) is 3.60. The number of nitrogens with zero attached hydrogens (tertiary/aromatic N) is 2. The number of rotatable bonds is 7. The van der Waals surface area contributed by atoms with Gasteiger partial charge in [-0.1, -0.05) is 50.2 Å². The maximum absolute atomic E-state index is 12.9. The summed E-state index contributed by atoms with van der Waals surface area (Å²) in [6.07, 6.45) is 0. The predicted octanol–water partition coefficient (Wildman–Crippen LogP) is 4.71. The predicted molar refractivity (Wildman–Crippen MR) is 122 cm³/mol. The van der Waals surface area contributed by atoms with Gasteiger partial charge in [-0.2, -0.15) is 4.31 Å². The average molecular weight is 444 g/mol. The van der Waals surface area contributed by atoms with Crippen LogP contribution in [0.4, 0.5) is 5.69 Å². The molecule has 1 heterocycles. The van der Waals surface area contributed by atoms with E-state index in [2.05, 4.69) is 10.3 Å². The Kier molecular flexibility index (Phi) is 6.70. The van der Waals surface area contributed by atoms with Crippen LogP contribution in [0.5, 0.6) is 0 Å². The van der Waals surface area contributed by atoms with E-state index in [0.29, 0.717) is 34.9 Å². The highest BCUT2D eigenvalue weighted by Crippen LogP contribution is 2.29. The van der Waals surface area contributed by atoms with Gasteiger partial charge in [-0.05, 0) is 31.5 Å². The highest BCUT2D eigenvalue weighted by atomic mass is 32.2. The van der Waals surface area contributed by atoms with Crippen molar-refractivity contribution in [2.24, 2.45) is 0 Å². The third-order valence-electron chi connectivity index (χ3n) is 4.79. The summed E-state index contributed by atoms with van der Waals surface area (Å²) in [6, 6.07) is 14.6. The lowest BCUT2D eigenvalue weighted by atomic mass is 10.2. The summed E-state index contributed by atoms with van der Waals surface area (Å²) in [5.74, 6) is -0.303. The number of hydrogen-bond donors (Lipinski definition) is 1. The first-order chi connectivity index (χ1) is 14.3. The van der Waals surface area contributed by atoms with Gasteiger partial charge in [-0.25, -0.2) is 13.4 Å². The van der Waals surface area contributed by atoms with Gasteiger partial charge in [0.05, 0.1) is 10.6 Å². The molecule has 0 saturated carbocycles. The van der Waals surface area contributed by atoms with E-state index in [1.54, 1.807) is 39.8 Å². The van der Waals surface area contributed by atoms with E-state index in [0.717, 1.165) is 10.6 Å². The summed E-state index contributed by atoms with van der Waals surface area (Å²) < 4.78 is 27.3. The molecule has 2 aromatic carbocycles. The Hall–Kier alpha value is -2.55. The van der Waals surface area contributed by atoms with E-state index < -0.39 is 10.0 Å². The zero-order valence-electron chi connectivity index (χ0n) is 17.5. The average Bonchev–Trinajstić information content (AvgIpc) is 3.12. The Bertz CT molecular complexity index is 1150. The summed E-state index contributed by atoms with van der Waals surface area (Å²) in [6.45, 7) is 7.93. The Morgan fingerprint density at radius 3 is 2.37 bits per heavy atom. The van der Waals surface area contributed by atoms with Crippen LogP contribution >= 0.6 is 11.3 Å². The number of anilines is 1. The summed E-state index contributed by atoms with van der Waals surface area (Å²) >= 11 is 1.32. The maximum Gasteiger partial charge on any atom is 0.267 e. The molecule has 0 bridgehead atoms. The van der Waals surface area contributed by atoms with Crippen molar-refractivity contribution in [1.29, 1.82) is 0 Å². The zero-order chi connectivity index (χ0) is 21.9. The van der Waals surface area contributed by atoms with Crippen molar-refractivity contribution in [3.8, 4) is 10.6 Å². The molecule has 6 nitrogen and oxygen atoms in total. The molecule has 0 saturated heterocycles. The number of carbonyl (C=O) groups excluding carboxylic acids is 1. The fraction of sp³-hybridized carbons (Fsp3) is 0.273. The number of benzene rings is 2. The second-order valence-corrected chi connectivity index (χ2v) is 9.73. The van der Waals surface area contributed by atoms with Crippen LogP contribution in [0.25, 0.3) is 10.6 Å². The first kappa shape index (κ1) is 22.1. The Morgan fingerprint density at radius 2 is 1.73 bits per heavy atom. The molecule has 0 aliphatic carbocycles. The minimum Gasteiger partial charge on any atom is -0.321 e. The standard InChI is InChI=1S/C22H25N3O3S2/c1-5-25(6-2)30(27,28)19-14-18(13-12-15(19)3)24-21(26)20-16(4)23-22(29-20)17-10-8-7-9-11-17/h7-14H,5-6H2,1-4H3,(H,24,26). The number of hydrogen-bond acceptors (Lipinski definition) is 5. The summed E-state index contributed by atoms with van der Waals surface area (Å²) in [4.78, 5) is 18.1. The molecule has 3 aromatic rings. The molecule has 0 spiro atoms. The van der Waals surface area contributed by atoms with Gasteiger partial charge in [0.15, 0.2) is 0 Å². The molecule has 158 valence electrons. The van der Waals surface area contributed by atoms with E-state index in [1.807, 2.05) is 30.3 Å². The Labute approximate surface area is 181 Å². The van der Waals surface area contributed by atoms with Gasteiger partial charge in [0, 0.05) is 24.3 Å². The van der Waals surface area contributed by atoms with E-state index in [1.165, 1.54) is 21.7 Å². The second kappa shape index (κ2) is 9.07. The highest BCUT2D eigenvalue weighted by molar-refractivity contribution is 7.89. The van der Waals surface area contributed by atoms with Gasteiger partial charge in [-0.15, -0.1) is 11.3 Å². The third-order valence-corrected chi connectivity index (χ3v) is 8.19. The lowest BCUT2D eigenvalue weighted by molar-refractivity contribution is 0.102. The van der Waals surface area contributed by atoms with Crippen LogP contribution in [0, 0.1) is 13.8 Å². The number of aromatic nitrogens is 1. The van der Waals surface area contributed by atoms with Crippen LogP contribution in [0.2, 0.25) is 0 Å². The van der Waals surface area contributed by atoms with Gasteiger partial charge in [0.1, 0.15) is 9.88 Å². The summed E-state index contributed by atoms with van der Waals surface area (Å²) in [5.41, 5.74) is 2.66. The highest BCUT2D eigenvalue weighted by Gasteiger charge is 2.24. The van der Waals surface area contributed by atoms with Crippen LogP contribution in [0.3, 0.4) is 0 Å². The molecule has 3 rings (SSSR count). The minimum absolute atomic E-state index is 0.204. The second-order valence-electron chi connectivity index (χ2n) is 6.82. The first-order valence-electron chi connectivity index (χ1n) is 9.73. The topological polar surface area (TPSA) is 79.4 Å². The van der Waals surface area contributed by atoms with Crippen molar-refractivity contribution in [3.63, 3.8) is 0 Å². The van der Waals surface area contributed by atoms with E-state index >= 15 is 0 Å². The van der Waals surface area contributed by atoms with Crippen molar-refractivity contribution < 1.29 is 13.2 Å². The fourth-order valence-corrected chi connectivity index (χ4v) is 5.83. The number of amides is 1. The molecule has 1 aromatic heterocycles. The largest absolute Gasteiger partial charge is 0.321 e. The molecule has 0 radical (unpaired) electrons. The first-order valence-corrected chi connectivity index (χ1v) is 12.0. The fourth-order valence-electron chi connectivity index (χ4n) is 3.16. The molecule has 0 fully saturated rings. The van der Waals surface area contributed by atoms with Crippen LogP contribution in [0.15, 0.2) is 53.4 Å². The van der Waals surface area contributed by atoms with E-state index in [-0.39, 0.29) is 10.8 Å². The van der Waals surface area contributed by atoms with Crippen LogP contribution in [-0.2, 0) is 10.0 Å². The molecule has 1 amide bonds. The van der Waals surface area contributed by atoms with E-state index in [9.17, 15) is 13.2 Å². The minimum atomic E-state index is -3.62. The van der Waals surface area contributed by atoms with Gasteiger partial charge in [0.2, 0.25) is 10.0 Å². The number of sulfonamides is 1. The molecule has 0 aliphatic rings. The monoisotopic (exact) mass is 443 g/mol. The van der Waals surface area contributed by atoms with Gasteiger partial charge >= 0.3 is 0 Å². The maximum atomic E-state index is 12.9. The van der Waals surface area contributed by atoms with Crippen molar-refractivity contribution in [2.75, 3.05) is 18.4 Å². The van der Waals surface area contributed by atoms with Crippen molar-refractivity contribution >= 4 is 33.0 Å². The van der Waals surface area contributed by atoms with Crippen LogP contribution < -0.4 is 5.32 Å². The molecule has 8 heteroatoms. The lowest BCUT2D eigenvalue weighted by Gasteiger charge is -2.20. The van der Waals surface area contributed by atoms with Crippen molar-refractivity contribution in [2.45, 2.75) is 32.6 Å². The quantitative estimate of drug-likeness (QED) is 0.574. The van der Waals surface area contributed by atoms with Gasteiger partial charge < -0.3 is 5.32 Å². The SMILES string of the molecule is CCN(CC)S(=O)(=O)c1cc(NC(=O)c2sc(-c3ccccc3)nc2C)ccc1C. The van der Waals surface area contributed by atoms with E-state index in [4.69, 9.17) is 0 Å². The molecule has 1 N–H and O–H groups in total. The zero-order valence-corrected chi connectivity index (χ0v) is 19.1. The third kappa shape index (κ3) is 4.45. The Morgan fingerprint density at radius 1 is 1.07 bits per heavy atom. The Balaban J connectivity index is 1.89. The smallest absolute Gasteiger partial charge is 0.267 e. The normalized spacial score (nSPS) is 11.6. The molecule has 0 aliphatic heterocycles. The molecule has 0 unspecified atom stereocenters. The number of aryl methyl sites for hydroxylation is 2. The number of nitrogens with one attached hydrogen (secondary N) is 1. The molecular weight excluding hydrogens is 418 g/mol. The van der Waals surface area contributed by atoms with Crippen LogP contribution in [-0.4, -0.2) is 36.7 Å². The van der Waals surface area contributed by atoms with Crippen LogP contribution in [0.1, 0.15) is 34.8 Å². The number of carbonyl (C=O) groups is 1. The summed E-state index contributed by atoms with van der Waals surface area (Å²) in [7, 11) is -3.62. The molecule has 0 atom stereocenters. The molecule has 30 heavy (non-hydrogen) atoms. The molecular formula is C22H25N3O3S2. The lowest BCUT2D eigenvalue weighted by Crippen LogP contribution is -2.31. The number of thiazole rings is 1. The van der Waals surface area contributed by atoms with Crippen molar-refractivity contribution in [3.05, 3.63) is 64.7 Å².